The second-order valence-electron chi connectivity index (χ2n) is 5.54. The van der Waals surface area contributed by atoms with Crippen molar-refractivity contribution in [2.75, 3.05) is 0 Å². The normalized spacial score (nSPS) is 38.9. The fourth-order valence-corrected chi connectivity index (χ4v) is 3.26. The summed E-state index contributed by atoms with van der Waals surface area (Å²) in [6.45, 7) is 5.83. The molecule has 2 aliphatic carbocycles. The Hall–Kier alpha value is -1.32. The van der Waals surface area contributed by atoms with Crippen LogP contribution < -0.4 is 0 Å². The molecular weight excluding hydrogens is 208 g/mol. The summed E-state index contributed by atoms with van der Waals surface area (Å²) >= 11 is 0. The van der Waals surface area contributed by atoms with Gasteiger partial charge in [0.15, 0.2) is 5.78 Å². The Morgan fingerprint density at radius 1 is 1.31 bits per heavy atom. The number of carboxylic acid groups (broad SMARTS) is 1. The summed E-state index contributed by atoms with van der Waals surface area (Å²) in [5, 5.41) is 18.3. The van der Waals surface area contributed by atoms with E-state index in [0.717, 1.165) is 12.8 Å². The monoisotopic (exact) mass is 224 g/mol. The molecule has 0 aromatic heterocycles. The number of aliphatic carboxylic acids is 1. The maximum Gasteiger partial charge on any atom is 0.371 e. The predicted octanol–water partition coefficient (Wildman–Crippen LogP) is 1.91. The first-order chi connectivity index (χ1) is 7.23. The minimum Gasteiger partial charge on any atom is -0.502 e. The van der Waals surface area contributed by atoms with E-state index in [4.69, 9.17) is 5.11 Å². The summed E-state index contributed by atoms with van der Waals surface area (Å²) < 4.78 is 0. The van der Waals surface area contributed by atoms with Gasteiger partial charge in [-0.05, 0) is 24.2 Å². The number of carbonyl (C=O) groups is 2. The van der Waals surface area contributed by atoms with Gasteiger partial charge >= 0.3 is 5.97 Å². The number of Topliss-reactive ketones (excluding diaryl/α,β-unsaturated/α-hetero) is 1. The maximum atomic E-state index is 12.2. The van der Waals surface area contributed by atoms with E-state index in [1.54, 1.807) is 0 Å². The van der Waals surface area contributed by atoms with E-state index in [2.05, 4.69) is 0 Å². The standard InChI is InChI=1S/C12H16O4/c1-11(2)6-4-5-12(11,3)9(14)7(6)8(13)10(15)16/h6,13H,4-5H2,1-3H3,(H,15,16)/t6-,12+/m1/s1. The summed E-state index contributed by atoms with van der Waals surface area (Å²) in [6, 6.07) is 0. The molecule has 0 heterocycles. The van der Waals surface area contributed by atoms with Crippen LogP contribution in [-0.4, -0.2) is 22.0 Å². The van der Waals surface area contributed by atoms with Gasteiger partial charge in [-0.15, -0.1) is 0 Å². The quantitative estimate of drug-likeness (QED) is 0.527. The van der Waals surface area contributed by atoms with Crippen molar-refractivity contribution in [1.82, 2.24) is 0 Å². The van der Waals surface area contributed by atoms with Gasteiger partial charge in [-0.25, -0.2) is 4.79 Å². The van der Waals surface area contributed by atoms with Gasteiger partial charge in [-0.1, -0.05) is 20.8 Å². The molecule has 4 heteroatoms. The fourth-order valence-electron chi connectivity index (χ4n) is 3.26. The topological polar surface area (TPSA) is 74.6 Å². The molecule has 0 radical (unpaired) electrons. The highest BCUT2D eigenvalue weighted by Crippen LogP contribution is 2.65. The highest BCUT2D eigenvalue weighted by atomic mass is 16.4. The molecule has 0 aromatic rings. The molecule has 0 saturated heterocycles. The van der Waals surface area contributed by atoms with Gasteiger partial charge < -0.3 is 10.2 Å². The van der Waals surface area contributed by atoms with Gasteiger partial charge in [0.05, 0.1) is 0 Å². The SMILES string of the molecule is CC1(C)[C@@H]2CC[C@@]1(C)C(=O)C2=C(O)C(=O)O. The second kappa shape index (κ2) is 2.87. The lowest BCUT2D eigenvalue weighted by Crippen LogP contribution is -2.32. The van der Waals surface area contributed by atoms with Crippen LogP contribution in [0.15, 0.2) is 11.3 Å². The van der Waals surface area contributed by atoms with Gasteiger partial charge in [0.25, 0.3) is 0 Å². The van der Waals surface area contributed by atoms with Crippen LogP contribution >= 0.6 is 0 Å². The average Bonchev–Trinajstić information content (AvgIpc) is 2.48. The van der Waals surface area contributed by atoms with Crippen LogP contribution in [0.5, 0.6) is 0 Å². The van der Waals surface area contributed by atoms with E-state index < -0.39 is 17.1 Å². The number of fused-ring (bicyclic) bond motifs is 2. The molecule has 88 valence electrons. The zero-order chi connectivity index (χ0) is 12.3. The Morgan fingerprint density at radius 3 is 2.25 bits per heavy atom. The lowest BCUT2D eigenvalue weighted by Gasteiger charge is -2.31. The third kappa shape index (κ3) is 0.996. The minimum atomic E-state index is -1.41. The molecule has 2 atom stereocenters. The van der Waals surface area contributed by atoms with Crippen molar-refractivity contribution in [2.45, 2.75) is 33.6 Å². The van der Waals surface area contributed by atoms with E-state index in [0.29, 0.717) is 0 Å². The molecule has 0 spiro atoms. The van der Waals surface area contributed by atoms with Crippen molar-refractivity contribution >= 4 is 11.8 Å². The Morgan fingerprint density at radius 2 is 1.88 bits per heavy atom. The molecule has 0 amide bonds. The fraction of sp³-hybridized carbons (Fsp3) is 0.667. The Labute approximate surface area is 94.0 Å². The van der Waals surface area contributed by atoms with Crippen molar-refractivity contribution in [2.24, 2.45) is 16.7 Å². The molecule has 0 aliphatic heterocycles. The Kier molecular flexibility index (Phi) is 2.00. The van der Waals surface area contributed by atoms with Crippen LogP contribution in [0.2, 0.25) is 0 Å². The van der Waals surface area contributed by atoms with Crippen LogP contribution in [-0.2, 0) is 9.59 Å². The number of ketones is 1. The zero-order valence-electron chi connectivity index (χ0n) is 9.70. The molecule has 2 N–H and O–H groups in total. The lowest BCUT2D eigenvalue weighted by molar-refractivity contribution is -0.136. The van der Waals surface area contributed by atoms with E-state index in [1.165, 1.54) is 0 Å². The number of allylic oxidation sites excluding steroid dienone is 1. The Balaban J connectivity index is 2.61. The van der Waals surface area contributed by atoms with Crippen molar-refractivity contribution in [3.05, 3.63) is 11.3 Å². The van der Waals surface area contributed by atoms with E-state index >= 15 is 0 Å². The molecule has 2 fully saturated rings. The number of carbonyl (C=O) groups excluding carboxylic acids is 1. The lowest BCUT2D eigenvalue weighted by atomic mass is 9.70. The van der Waals surface area contributed by atoms with Crippen LogP contribution in [0.25, 0.3) is 0 Å². The van der Waals surface area contributed by atoms with Crippen molar-refractivity contribution in [3.8, 4) is 0 Å². The van der Waals surface area contributed by atoms with Gasteiger partial charge in [-0.3, -0.25) is 4.79 Å². The molecule has 2 rings (SSSR count). The average molecular weight is 224 g/mol. The summed E-state index contributed by atoms with van der Waals surface area (Å²) in [4.78, 5) is 22.9. The van der Waals surface area contributed by atoms with Crippen molar-refractivity contribution in [1.29, 1.82) is 0 Å². The summed E-state index contributed by atoms with van der Waals surface area (Å²) in [5.41, 5.74) is -0.648. The molecule has 4 nitrogen and oxygen atoms in total. The molecule has 2 bridgehead atoms. The van der Waals surface area contributed by atoms with Crippen LogP contribution in [0, 0.1) is 16.7 Å². The first kappa shape index (κ1) is 11.2. The number of rotatable bonds is 1. The first-order valence-electron chi connectivity index (χ1n) is 5.44. The molecule has 2 aliphatic rings. The first-order valence-corrected chi connectivity index (χ1v) is 5.44. The molecule has 0 aromatic carbocycles. The van der Waals surface area contributed by atoms with Crippen molar-refractivity contribution < 1.29 is 19.8 Å². The molecular formula is C12H16O4. The van der Waals surface area contributed by atoms with E-state index in [-0.39, 0.29) is 22.7 Å². The Bertz CT molecular complexity index is 419. The van der Waals surface area contributed by atoms with Gasteiger partial charge in [-0.2, -0.15) is 0 Å². The van der Waals surface area contributed by atoms with Crippen LogP contribution in [0.4, 0.5) is 0 Å². The second-order valence-corrected chi connectivity index (χ2v) is 5.54. The van der Waals surface area contributed by atoms with Gasteiger partial charge in [0.1, 0.15) is 0 Å². The number of carboxylic acids is 1. The molecule has 16 heavy (non-hydrogen) atoms. The third-order valence-corrected chi connectivity index (χ3v) is 4.78. The van der Waals surface area contributed by atoms with Crippen LogP contribution in [0.1, 0.15) is 33.6 Å². The number of hydrogen-bond acceptors (Lipinski definition) is 3. The van der Waals surface area contributed by atoms with Crippen LogP contribution in [0.3, 0.4) is 0 Å². The largest absolute Gasteiger partial charge is 0.502 e. The smallest absolute Gasteiger partial charge is 0.371 e. The summed E-state index contributed by atoms with van der Waals surface area (Å²) in [7, 11) is 0. The van der Waals surface area contributed by atoms with Crippen molar-refractivity contribution in [3.63, 3.8) is 0 Å². The number of aliphatic hydroxyl groups excluding tert-OH is 1. The van der Waals surface area contributed by atoms with Gasteiger partial charge in [0, 0.05) is 11.0 Å². The third-order valence-electron chi connectivity index (χ3n) is 4.78. The number of hydrogen-bond donors (Lipinski definition) is 2. The van der Waals surface area contributed by atoms with E-state index in [1.807, 2.05) is 20.8 Å². The number of aliphatic hydroxyl groups is 1. The minimum absolute atomic E-state index is 0.124. The maximum absolute atomic E-state index is 12.2. The molecule has 2 saturated carbocycles. The highest BCUT2D eigenvalue weighted by Gasteiger charge is 2.65. The summed E-state index contributed by atoms with van der Waals surface area (Å²) in [5.74, 6) is -2.48. The van der Waals surface area contributed by atoms with E-state index in [9.17, 15) is 14.7 Å². The van der Waals surface area contributed by atoms with Gasteiger partial charge in [0.2, 0.25) is 5.76 Å². The highest BCUT2D eigenvalue weighted by molar-refractivity contribution is 6.09. The zero-order valence-corrected chi connectivity index (χ0v) is 9.70. The predicted molar refractivity (Wildman–Crippen MR) is 56.9 cm³/mol. The molecule has 0 unspecified atom stereocenters. The summed E-state index contributed by atoms with van der Waals surface area (Å²) in [6.07, 6.45) is 1.56.